The molecule has 2 N–H and O–H groups in total. The van der Waals surface area contributed by atoms with Crippen molar-refractivity contribution in [3.63, 3.8) is 0 Å². The van der Waals surface area contributed by atoms with Gasteiger partial charge in [0.25, 0.3) is 0 Å². The number of benzene rings is 2. The quantitative estimate of drug-likeness (QED) is 0.847. The summed E-state index contributed by atoms with van der Waals surface area (Å²) in [5.74, 6) is 2.22. The minimum Gasteiger partial charge on any atom is -0.504 e. The maximum atomic E-state index is 10.5. The van der Waals surface area contributed by atoms with Gasteiger partial charge in [-0.25, -0.2) is 0 Å². The number of rotatable bonds is 5. The van der Waals surface area contributed by atoms with Crippen molar-refractivity contribution < 1.29 is 33.9 Å². The van der Waals surface area contributed by atoms with Crippen molar-refractivity contribution in [2.75, 3.05) is 28.4 Å². The van der Waals surface area contributed by atoms with Crippen molar-refractivity contribution in [3.05, 3.63) is 41.2 Å². The van der Waals surface area contributed by atoms with E-state index < -0.39 is 0 Å². The highest BCUT2D eigenvalue weighted by Gasteiger charge is 2.29. The number of ether oxygens (including phenoxy) is 5. The molecule has 3 rings (SSSR count). The lowest BCUT2D eigenvalue weighted by Gasteiger charge is -2.25. The molecule has 0 saturated carbocycles. The van der Waals surface area contributed by atoms with Crippen LogP contribution in [0.5, 0.6) is 34.5 Å². The van der Waals surface area contributed by atoms with Crippen LogP contribution in [0.1, 0.15) is 11.1 Å². The fraction of sp³-hybridized carbons (Fsp3) is 0.263. The van der Waals surface area contributed by atoms with Crippen molar-refractivity contribution in [2.24, 2.45) is 0 Å². The molecule has 138 valence electrons. The summed E-state index contributed by atoms with van der Waals surface area (Å²) in [6, 6.07) is 6.55. The van der Waals surface area contributed by atoms with E-state index in [1.807, 2.05) is 0 Å². The van der Waals surface area contributed by atoms with Gasteiger partial charge in [-0.05, 0) is 18.2 Å². The van der Waals surface area contributed by atoms with E-state index in [4.69, 9.17) is 23.7 Å². The number of hydrogen-bond acceptors (Lipinski definition) is 7. The zero-order chi connectivity index (χ0) is 18.8. The largest absolute Gasteiger partial charge is 0.504 e. The second-order valence-electron chi connectivity index (χ2n) is 5.56. The van der Waals surface area contributed by atoms with E-state index in [9.17, 15) is 10.2 Å². The smallest absolute Gasteiger partial charge is 0.203 e. The van der Waals surface area contributed by atoms with Gasteiger partial charge in [0.15, 0.2) is 28.8 Å². The molecule has 26 heavy (non-hydrogen) atoms. The van der Waals surface area contributed by atoms with Crippen LogP contribution in [0.4, 0.5) is 0 Å². The molecule has 0 saturated heterocycles. The number of allylic oxidation sites excluding steroid dienone is 1. The number of phenols is 2. The number of phenolic OH excluding ortho intramolecular Hbond substituents is 2. The zero-order valence-corrected chi connectivity index (χ0v) is 15.0. The molecule has 0 bridgehead atoms. The molecule has 2 aromatic carbocycles. The normalized spacial score (nSPS) is 12.9. The second-order valence-corrected chi connectivity index (χ2v) is 5.56. The Labute approximate surface area is 151 Å². The molecule has 0 unspecified atom stereocenters. The summed E-state index contributed by atoms with van der Waals surface area (Å²) < 4.78 is 27.0. The Balaban J connectivity index is 2.10. The molecule has 0 fully saturated rings. The Hall–Kier alpha value is -3.22. The first-order valence-electron chi connectivity index (χ1n) is 7.83. The molecule has 0 radical (unpaired) electrons. The van der Waals surface area contributed by atoms with Crippen LogP contribution in [0.2, 0.25) is 0 Å². The maximum absolute atomic E-state index is 10.5. The molecular weight excluding hydrogens is 340 g/mol. The first-order chi connectivity index (χ1) is 12.5. The fourth-order valence-electron chi connectivity index (χ4n) is 2.88. The highest BCUT2D eigenvalue weighted by Crippen LogP contribution is 2.49. The predicted molar refractivity (Wildman–Crippen MR) is 94.1 cm³/mol. The van der Waals surface area contributed by atoms with Crippen molar-refractivity contribution in [1.82, 2.24) is 0 Å². The summed E-state index contributed by atoms with van der Waals surface area (Å²) in [5, 5.41) is 20.6. The van der Waals surface area contributed by atoms with Gasteiger partial charge in [0.05, 0.1) is 28.4 Å². The van der Waals surface area contributed by atoms with E-state index >= 15 is 0 Å². The number of fused-ring (bicyclic) bond motifs is 1. The van der Waals surface area contributed by atoms with E-state index in [0.29, 0.717) is 46.3 Å². The Morgan fingerprint density at radius 1 is 0.885 bits per heavy atom. The highest BCUT2D eigenvalue weighted by atomic mass is 16.5. The maximum Gasteiger partial charge on any atom is 0.203 e. The van der Waals surface area contributed by atoms with Crippen molar-refractivity contribution >= 4 is 5.76 Å². The van der Waals surface area contributed by atoms with Gasteiger partial charge >= 0.3 is 0 Å². The molecule has 0 atom stereocenters. The topological polar surface area (TPSA) is 86.6 Å². The van der Waals surface area contributed by atoms with Crippen LogP contribution in [0.3, 0.4) is 0 Å². The average molecular weight is 360 g/mol. The highest BCUT2D eigenvalue weighted by molar-refractivity contribution is 5.73. The second kappa shape index (κ2) is 6.95. The number of hydrogen-bond donors (Lipinski definition) is 2. The van der Waals surface area contributed by atoms with Crippen molar-refractivity contribution in [1.29, 1.82) is 0 Å². The lowest BCUT2D eigenvalue weighted by molar-refractivity contribution is 0.262. The summed E-state index contributed by atoms with van der Waals surface area (Å²) in [5.41, 5.74) is 1.14. The molecule has 7 heteroatoms. The van der Waals surface area contributed by atoms with Crippen LogP contribution in [0.15, 0.2) is 30.0 Å². The van der Waals surface area contributed by atoms with E-state index in [1.54, 1.807) is 18.2 Å². The fourth-order valence-corrected chi connectivity index (χ4v) is 2.88. The predicted octanol–water partition coefficient (Wildman–Crippen LogP) is 3.07. The lowest BCUT2D eigenvalue weighted by Crippen LogP contribution is -2.12. The average Bonchev–Trinajstić information content (AvgIpc) is 2.66. The van der Waals surface area contributed by atoms with Crippen LogP contribution in [-0.2, 0) is 11.2 Å². The molecule has 2 aromatic rings. The van der Waals surface area contributed by atoms with Gasteiger partial charge < -0.3 is 33.9 Å². The van der Waals surface area contributed by atoms with Crippen LogP contribution in [0.25, 0.3) is 5.76 Å². The Morgan fingerprint density at radius 2 is 1.62 bits per heavy atom. The van der Waals surface area contributed by atoms with Gasteiger partial charge in [0, 0.05) is 23.6 Å². The standard InChI is InChI=1S/C19H20O7/c1-22-13-6-5-10(7-12(13)20)18-15(23-2)8-11-14(26-18)9-16(24-3)19(25-4)17(11)21/h5-7,9,20-21H,8H2,1-4H3. The van der Waals surface area contributed by atoms with Gasteiger partial charge in [-0.15, -0.1) is 0 Å². The van der Waals surface area contributed by atoms with Crippen LogP contribution >= 0.6 is 0 Å². The molecular formula is C19H20O7. The summed E-state index contributed by atoms with van der Waals surface area (Å²) in [6.07, 6.45) is 0.292. The van der Waals surface area contributed by atoms with Crippen LogP contribution in [-0.4, -0.2) is 38.7 Å². The third-order valence-electron chi connectivity index (χ3n) is 4.20. The molecule has 1 heterocycles. The van der Waals surface area contributed by atoms with Gasteiger partial charge in [-0.2, -0.15) is 0 Å². The third kappa shape index (κ3) is 2.81. The molecule has 0 amide bonds. The van der Waals surface area contributed by atoms with Crippen molar-refractivity contribution in [3.8, 4) is 34.5 Å². The molecule has 1 aliphatic heterocycles. The monoisotopic (exact) mass is 360 g/mol. The molecule has 0 aromatic heterocycles. The minimum atomic E-state index is -0.0620. The first-order valence-corrected chi connectivity index (χ1v) is 7.83. The summed E-state index contributed by atoms with van der Waals surface area (Å²) in [6.45, 7) is 0. The van der Waals surface area contributed by atoms with Gasteiger partial charge in [0.2, 0.25) is 5.75 Å². The van der Waals surface area contributed by atoms with Gasteiger partial charge in [-0.1, -0.05) is 0 Å². The minimum absolute atomic E-state index is 0.0162. The SMILES string of the molecule is COC1=C(c2ccc(OC)c(O)c2)Oc2cc(OC)c(OC)c(O)c2C1. The lowest BCUT2D eigenvalue weighted by atomic mass is 10.0. The third-order valence-corrected chi connectivity index (χ3v) is 4.20. The van der Waals surface area contributed by atoms with Crippen molar-refractivity contribution in [2.45, 2.75) is 6.42 Å². The molecule has 1 aliphatic rings. The Kier molecular flexibility index (Phi) is 4.71. The van der Waals surface area contributed by atoms with E-state index in [1.165, 1.54) is 34.5 Å². The first kappa shape index (κ1) is 17.6. The Bertz CT molecular complexity index is 871. The van der Waals surface area contributed by atoms with E-state index in [0.717, 1.165) is 0 Å². The summed E-state index contributed by atoms with van der Waals surface area (Å²) in [7, 11) is 5.92. The molecule has 0 spiro atoms. The van der Waals surface area contributed by atoms with Crippen LogP contribution < -0.4 is 18.9 Å². The Morgan fingerprint density at radius 3 is 2.19 bits per heavy atom. The zero-order valence-electron chi connectivity index (χ0n) is 15.0. The molecule has 0 aliphatic carbocycles. The molecule has 7 nitrogen and oxygen atoms in total. The van der Waals surface area contributed by atoms with E-state index in [-0.39, 0.29) is 17.2 Å². The van der Waals surface area contributed by atoms with Gasteiger partial charge in [0.1, 0.15) is 11.5 Å². The van der Waals surface area contributed by atoms with Gasteiger partial charge in [-0.3, -0.25) is 0 Å². The summed E-state index contributed by atoms with van der Waals surface area (Å²) in [4.78, 5) is 0. The van der Waals surface area contributed by atoms with Crippen LogP contribution in [0, 0.1) is 0 Å². The van der Waals surface area contributed by atoms with E-state index in [2.05, 4.69) is 0 Å². The number of aromatic hydroxyl groups is 2. The number of methoxy groups -OCH3 is 4. The summed E-state index contributed by atoms with van der Waals surface area (Å²) >= 11 is 0.